The molecule has 0 saturated heterocycles. The number of benzene rings is 3. The highest BCUT2D eigenvalue weighted by Gasteiger charge is 2.12. The smallest absolute Gasteiger partial charge is 0.273 e. The molecular formula is C22H17BrN4O2S. The van der Waals surface area contributed by atoms with Crippen molar-refractivity contribution in [3.05, 3.63) is 95.2 Å². The molecule has 8 heteroatoms. The second-order valence-electron chi connectivity index (χ2n) is 6.37. The maximum absolute atomic E-state index is 12.6. The number of aromatic nitrogens is 2. The summed E-state index contributed by atoms with van der Waals surface area (Å²) in [4.78, 5) is 20.4. The predicted octanol–water partition coefficient (Wildman–Crippen LogP) is 5.23. The summed E-state index contributed by atoms with van der Waals surface area (Å²) in [6, 6.07) is 23.9. The molecule has 4 rings (SSSR count). The first-order valence-electron chi connectivity index (χ1n) is 9.04. The fourth-order valence-electron chi connectivity index (χ4n) is 2.75. The minimum Gasteiger partial charge on any atom is -0.334 e. The molecule has 1 heterocycles. The van der Waals surface area contributed by atoms with Crippen LogP contribution in [0.5, 0.6) is 0 Å². The van der Waals surface area contributed by atoms with Crippen LogP contribution in [0.25, 0.3) is 11.4 Å². The lowest BCUT2D eigenvalue weighted by Gasteiger charge is -2.09. The number of anilines is 2. The van der Waals surface area contributed by atoms with Gasteiger partial charge in [-0.3, -0.25) is 4.79 Å². The van der Waals surface area contributed by atoms with Crippen LogP contribution in [0.1, 0.15) is 10.5 Å². The molecule has 30 heavy (non-hydrogen) atoms. The van der Waals surface area contributed by atoms with Crippen molar-refractivity contribution in [3.63, 3.8) is 0 Å². The fraction of sp³-hybridized carbons (Fsp3) is 0. The quantitative estimate of drug-likeness (QED) is 0.353. The molecule has 1 atom stereocenters. The lowest BCUT2D eigenvalue weighted by Crippen LogP contribution is -2.13. The van der Waals surface area contributed by atoms with Gasteiger partial charge in [0, 0.05) is 21.4 Å². The summed E-state index contributed by atoms with van der Waals surface area (Å²) in [6.07, 6.45) is 1.49. The van der Waals surface area contributed by atoms with Crippen LogP contribution in [0.15, 0.2) is 94.4 Å². The van der Waals surface area contributed by atoms with Crippen LogP contribution in [0.3, 0.4) is 0 Å². The van der Waals surface area contributed by atoms with E-state index in [0.717, 1.165) is 15.7 Å². The molecule has 6 nitrogen and oxygen atoms in total. The van der Waals surface area contributed by atoms with Crippen molar-refractivity contribution < 1.29 is 9.00 Å². The van der Waals surface area contributed by atoms with Crippen LogP contribution < -0.4 is 10.0 Å². The summed E-state index contributed by atoms with van der Waals surface area (Å²) in [5.74, 6) is 0.294. The molecule has 0 aliphatic carbocycles. The van der Waals surface area contributed by atoms with E-state index in [2.05, 4.69) is 35.9 Å². The van der Waals surface area contributed by atoms with Gasteiger partial charge in [0.05, 0.1) is 11.1 Å². The van der Waals surface area contributed by atoms with E-state index in [0.29, 0.717) is 22.1 Å². The average molecular weight is 481 g/mol. The van der Waals surface area contributed by atoms with Gasteiger partial charge < -0.3 is 15.0 Å². The van der Waals surface area contributed by atoms with Crippen molar-refractivity contribution in [2.24, 2.45) is 0 Å². The van der Waals surface area contributed by atoms with E-state index in [-0.39, 0.29) is 5.91 Å². The van der Waals surface area contributed by atoms with Gasteiger partial charge in [-0.1, -0.05) is 52.3 Å². The van der Waals surface area contributed by atoms with Crippen LogP contribution >= 0.6 is 15.9 Å². The highest BCUT2D eigenvalue weighted by molar-refractivity contribution is 9.10. The molecule has 1 unspecified atom stereocenters. The Morgan fingerprint density at radius 1 is 0.933 bits per heavy atom. The number of carbonyl (C=O) groups excluding carboxylic acids is 1. The molecule has 150 valence electrons. The fourth-order valence-corrected chi connectivity index (χ4v) is 3.92. The van der Waals surface area contributed by atoms with Crippen molar-refractivity contribution in [3.8, 4) is 11.4 Å². The number of rotatable bonds is 6. The van der Waals surface area contributed by atoms with Crippen LogP contribution in [-0.2, 0) is 11.0 Å². The van der Waals surface area contributed by atoms with Gasteiger partial charge in [0.2, 0.25) is 0 Å². The molecule has 0 aliphatic rings. The lowest BCUT2D eigenvalue weighted by molar-refractivity contribution is 0.102. The summed E-state index contributed by atoms with van der Waals surface area (Å²) in [6.45, 7) is 0. The van der Waals surface area contributed by atoms with Crippen LogP contribution in [0, 0.1) is 0 Å². The SMILES string of the molecule is O=C(Nc1cccc(S(=O)Nc2ccc(Br)cc2)c1)c1cnc(-c2ccccc2)[nH]1. The predicted molar refractivity (Wildman–Crippen MR) is 123 cm³/mol. The zero-order valence-electron chi connectivity index (χ0n) is 15.6. The Kier molecular flexibility index (Phi) is 6.06. The average Bonchev–Trinajstić information content (AvgIpc) is 3.27. The second kappa shape index (κ2) is 9.06. The molecular weight excluding hydrogens is 464 g/mol. The van der Waals surface area contributed by atoms with Gasteiger partial charge in [-0.25, -0.2) is 9.19 Å². The monoisotopic (exact) mass is 480 g/mol. The third kappa shape index (κ3) is 4.84. The van der Waals surface area contributed by atoms with E-state index < -0.39 is 11.0 Å². The minimum atomic E-state index is -1.47. The Labute approximate surface area is 184 Å². The number of hydrogen-bond acceptors (Lipinski definition) is 3. The first-order chi connectivity index (χ1) is 14.6. The van der Waals surface area contributed by atoms with Crippen LogP contribution in [-0.4, -0.2) is 20.1 Å². The summed E-state index contributed by atoms with van der Waals surface area (Å²) in [5.41, 5.74) is 2.51. The highest BCUT2D eigenvalue weighted by Crippen LogP contribution is 2.20. The van der Waals surface area contributed by atoms with Crippen LogP contribution in [0.4, 0.5) is 11.4 Å². The number of H-pyrrole nitrogens is 1. The standard InChI is InChI=1S/C22H17BrN4O2S/c23-16-9-11-17(12-10-16)27-30(29)19-8-4-7-18(13-19)25-22(28)20-14-24-21(26-20)15-5-2-1-3-6-15/h1-14,27H,(H,24,26)(H,25,28). The van der Waals surface area contributed by atoms with Crippen LogP contribution in [0.2, 0.25) is 0 Å². The van der Waals surface area contributed by atoms with E-state index in [1.54, 1.807) is 24.3 Å². The van der Waals surface area contributed by atoms with Gasteiger partial charge in [0.15, 0.2) is 0 Å². The lowest BCUT2D eigenvalue weighted by atomic mass is 10.2. The van der Waals surface area contributed by atoms with Crippen molar-refractivity contribution in [2.75, 3.05) is 10.0 Å². The Morgan fingerprint density at radius 3 is 2.47 bits per heavy atom. The third-order valence-corrected chi connectivity index (χ3v) is 5.86. The number of aromatic amines is 1. The summed E-state index contributed by atoms with van der Waals surface area (Å²) in [5, 5.41) is 2.81. The number of imidazole rings is 1. The third-order valence-electron chi connectivity index (χ3n) is 4.23. The van der Waals surface area contributed by atoms with Crippen molar-refractivity contribution >= 4 is 44.2 Å². The Hall–Kier alpha value is -3.23. The number of hydrogen-bond donors (Lipinski definition) is 3. The molecule has 3 aromatic carbocycles. The van der Waals surface area contributed by atoms with Gasteiger partial charge in [-0.05, 0) is 42.5 Å². The van der Waals surface area contributed by atoms with Crippen molar-refractivity contribution in [1.82, 2.24) is 9.97 Å². The van der Waals surface area contributed by atoms with Crippen molar-refractivity contribution in [1.29, 1.82) is 0 Å². The van der Waals surface area contributed by atoms with Gasteiger partial charge in [0.1, 0.15) is 22.5 Å². The van der Waals surface area contributed by atoms with E-state index in [1.807, 2.05) is 54.6 Å². The number of nitrogens with zero attached hydrogens (tertiary/aromatic N) is 1. The summed E-state index contributed by atoms with van der Waals surface area (Å²) in [7, 11) is -1.47. The van der Waals surface area contributed by atoms with E-state index >= 15 is 0 Å². The van der Waals surface area contributed by atoms with E-state index in [4.69, 9.17) is 0 Å². The molecule has 1 aromatic heterocycles. The maximum Gasteiger partial charge on any atom is 0.273 e. The Bertz CT molecular complexity index is 1190. The van der Waals surface area contributed by atoms with Crippen molar-refractivity contribution in [2.45, 2.75) is 4.90 Å². The maximum atomic E-state index is 12.6. The van der Waals surface area contributed by atoms with Gasteiger partial charge in [-0.2, -0.15) is 0 Å². The molecule has 0 spiro atoms. The van der Waals surface area contributed by atoms with E-state index in [9.17, 15) is 9.00 Å². The molecule has 4 aromatic rings. The normalized spacial score (nSPS) is 11.6. The molecule has 3 N–H and O–H groups in total. The summed E-state index contributed by atoms with van der Waals surface area (Å²) >= 11 is 3.37. The zero-order chi connectivity index (χ0) is 20.9. The number of amides is 1. The first kappa shape index (κ1) is 20.1. The highest BCUT2D eigenvalue weighted by atomic mass is 79.9. The van der Waals surface area contributed by atoms with Gasteiger partial charge in [0.25, 0.3) is 5.91 Å². The molecule has 0 aliphatic heterocycles. The second-order valence-corrected chi connectivity index (χ2v) is 8.50. The topological polar surface area (TPSA) is 86.9 Å². The molecule has 0 fully saturated rings. The van der Waals surface area contributed by atoms with Gasteiger partial charge in [-0.15, -0.1) is 0 Å². The Morgan fingerprint density at radius 2 is 1.70 bits per heavy atom. The minimum absolute atomic E-state index is 0.325. The Balaban J connectivity index is 1.45. The largest absolute Gasteiger partial charge is 0.334 e. The molecule has 0 radical (unpaired) electrons. The van der Waals surface area contributed by atoms with Gasteiger partial charge >= 0.3 is 0 Å². The first-order valence-corrected chi connectivity index (χ1v) is 11.0. The number of carbonyl (C=O) groups is 1. The molecule has 1 amide bonds. The number of halogens is 1. The summed E-state index contributed by atoms with van der Waals surface area (Å²) < 4.78 is 16.5. The molecule has 0 saturated carbocycles. The van der Waals surface area contributed by atoms with E-state index in [1.165, 1.54) is 6.20 Å². The number of nitrogens with one attached hydrogen (secondary N) is 3. The molecule has 0 bridgehead atoms. The zero-order valence-corrected chi connectivity index (χ0v) is 18.0.